The van der Waals surface area contributed by atoms with E-state index in [0.29, 0.717) is 13.1 Å². The quantitative estimate of drug-likeness (QED) is 0.863. The molecule has 21 heavy (non-hydrogen) atoms. The zero-order chi connectivity index (χ0) is 14.8. The number of aromatic nitrogens is 1. The number of likely N-dealkylation sites (tertiary alicyclic amines) is 1. The first-order valence-corrected chi connectivity index (χ1v) is 7.11. The van der Waals surface area contributed by atoms with E-state index < -0.39 is 6.04 Å². The summed E-state index contributed by atoms with van der Waals surface area (Å²) in [5, 5.41) is 4.25. The molecule has 2 amide bonds. The maximum atomic E-state index is 12.1. The van der Waals surface area contributed by atoms with Gasteiger partial charge in [-0.2, -0.15) is 0 Å². The molecule has 108 valence electrons. The van der Waals surface area contributed by atoms with E-state index in [2.05, 4.69) is 10.3 Å². The second-order valence-electron chi connectivity index (χ2n) is 5.11. The fourth-order valence-electron chi connectivity index (χ4n) is 2.72. The number of para-hydroxylation sites is 1. The average molecular weight is 283 g/mol. The number of carbonyl (C=O) groups is 2. The summed E-state index contributed by atoms with van der Waals surface area (Å²) in [4.78, 5) is 29.5. The van der Waals surface area contributed by atoms with Crippen molar-refractivity contribution < 1.29 is 9.59 Å². The molecule has 0 spiro atoms. The molecule has 1 atom stereocenters. The molecule has 1 aliphatic rings. The molecule has 0 saturated carbocycles. The molecule has 1 N–H and O–H groups in total. The third kappa shape index (κ3) is 2.52. The molecule has 2 aromatic rings. The molecule has 1 unspecified atom stereocenters. The highest BCUT2D eigenvalue weighted by molar-refractivity contribution is 6.05. The van der Waals surface area contributed by atoms with Gasteiger partial charge in [0.05, 0.1) is 18.0 Å². The van der Waals surface area contributed by atoms with E-state index in [1.54, 1.807) is 6.20 Å². The number of likely N-dealkylation sites (N-methyl/N-ethyl adjacent to an activating group) is 1. The van der Waals surface area contributed by atoms with Gasteiger partial charge in [0.1, 0.15) is 0 Å². The van der Waals surface area contributed by atoms with Gasteiger partial charge in [0.25, 0.3) is 0 Å². The number of pyridine rings is 1. The zero-order valence-electron chi connectivity index (χ0n) is 11.9. The predicted molar refractivity (Wildman–Crippen MR) is 79.4 cm³/mol. The van der Waals surface area contributed by atoms with Crippen molar-refractivity contribution in [3.05, 3.63) is 42.1 Å². The second-order valence-corrected chi connectivity index (χ2v) is 5.11. The molecule has 2 heterocycles. The summed E-state index contributed by atoms with van der Waals surface area (Å²) in [6, 6.07) is 9.46. The van der Waals surface area contributed by atoms with E-state index in [-0.39, 0.29) is 18.2 Å². The van der Waals surface area contributed by atoms with Gasteiger partial charge < -0.3 is 5.32 Å². The Kier molecular flexibility index (Phi) is 3.66. The molecule has 5 heteroatoms. The largest absolute Gasteiger partial charge is 0.301 e. The van der Waals surface area contributed by atoms with E-state index in [9.17, 15) is 9.59 Å². The van der Waals surface area contributed by atoms with Crippen LogP contribution in [0.5, 0.6) is 0 Å². The molecule has 1 aromatic carbocycles. The number of hydrogen-bond donors (Lipinski definition) is 1. The molecule has 1 fully saturated rings. The molecule has 1 saturated heterocycles. The van der Waals surface area contributed by atoms with Crippen LogP contribution in [0.25, 0.3) is 10.9 Å². The lowest BCUT2D eigenvalue weighted by Gasteiger charge is -2.13. The van der Waals surface area contributed by atoms with Crippen LogP contribution in [0.2, 0.25) is 0 Å². The minimum Gasteiger partial charge on any atom is -0.301 e. The molecule has 0 aliphatic carbocycles. The molecular weight excluding hydrogens is 266 g/mol. The van der Waals surface area contributed by atoms with E-state index in [1.807, 2.05) is 37.3 Å². The van der Waals surface area contributed by atoms with Crippen LogP contribution in [0.3, 0.4) is 0 Å². The molecule has 0 bridgehead atoms. The summed E-state index contributed by atoms with van der Waals surface area (Å²) >= 11 is 0. The van der Waals surface area contributed by atoms with Crippen molar-refractivity contribution in [3.63, 3.8) is 0 Å². The normalized spacial score (nSPS) is 18.7. The number of nitrogens with zero attached hydrogens (tertiary/aromatic N) is 2. The number of fused-ring (bicyclic) bond motifs is 1. The minimum atomic E-state index is -0.420. The molecule has 3 rings (SSSR count). The summed E-state index contributed by atoms with van der Waals surface area (Å²) < 4.78 is 0. The smallest absolute Gasteiger partial charge is 0.246 e. The first-order valence-electron chi connectivity index (χ1n) is 7.11. The zero-order valence-corrected chi connectivity index (χ0v) is 11.9. The minimum absolute atomic E-state index is 0.101. The average Bonchev–Trinajstić information content (AvgIpc) is 2.78. The van der Waals surface area contributed by atoms with Crippen LogP contribution < -0.4 is 5.32 Å². The molecule has 1 aliphatic heterocycles. The predicted octanol–water partition coefficient (Wildman–Crippen LogP) is 1.47. The summed E-state index contributed by atoms with van der Waals surface area (Å²) in [5.74, 6) is -0.230. The highest BCUT2D eigenvalue weighted by Crippen LogP contribution is 2.17. The van der Waals surface area contributed by atoms with Crippen LogP contribution in [0.4, 0.5) is 0 Å². The van der Waals surface area contributed by atoms with Gasteiger partial charge in [0.2, 0.25) is 11.8 Å². The molecule has 0 radical (unpaired) electrons. The number of rotatable bonds is 4. The maximum Gasteiger partial charge on any atom is 0.246 e. The maximum absolute atomic E-state index is 12.1. The van der Waals surface area contributed by atoms with E-state index in [4.69, 9.17) is 0 Å². The van der Waals surface area contributed by atoms with Crippen molar-refractivity contribution >= 4 is 22.7 Å². The summed E-state index contributed by atoms with van der Waals surface area (Å²) in [7, 11) is 0. The topological polar surface area (TPSA) is 62.3 Å². The van der Waals surface area contributed by atoms with Gasteiger partial charge >= 0.3 is 0 Å². The molecular formula is C16H17N3O2. The van der Waals surface area contributed by atoms with Crippen molar-refractivity contribution in [2.45, 2.75) is 25.9 Å². The number of imide groups is 1. The van der Waals surface area contributed by atoms with Crippen molar-refractivity contribution in [2.75, 3.05) is 6.54 Å². The number of amides is 2. The standard InChI is InChI=1S/C16H17N3O2/c1-2-19-14(20)9-13(16(19)21)18-10-12-6-3-5-11-7-4-8-17-15(11)12/h3-8,13,18H,2,9-10H2,1H3. The highest BCUT2D eigenvalue weighted by Gasteiger charge is 2.37. The third-order valence-electron chi connectivity index (χ3n) is 3.82. The van der Waals surface area contributed by atoms with Gasteiger partial charge in [-0.3, -0.25) is 19.5 Å². The molecule has 1 aromatic heterocycles. The van der Waals surface area contributed by atoms with Crippen molar-refractivity contribution in [1.82, 2.24) is 15.2 Å². The lowest BCUT2D eigenvalue weighted by atomic mass is 10.1. The van der Waals surface area contributed by atoms with Crippen LogP contribution in [0.15, 0.2) is 36.5 Å². The Morgan fingerprint density at radius 2 is 2.10 bits per heavy atom. The number of hydrogen-bond acceptors (Lipinski definition) is 4. The monoisotopic (exact) mass is 283 g/mol. The van der Waals surface area contributed by atoms with Gasteiger partial charge in [-0.05, 0) is 18.6 Å². The Balaban J connectivity index is 1.76. The van der Waals surface area contributed by atoms with Crippen LogP contribution in [-0.2, 0) is 16.1 Å². The fourth-order valence-corrected chi connectivity index (χ4v) is 2.72. The number of carbonyl (C=O) groups excluding carboxylic acids is 2. The van der Waals surface area contributed by atoms with Crippen LogP contribution in [0.1, 0.15) is 18.9 Å². The number of benzene rings is 1. The Morgan fingerprint density at radius 1 is 1.29 bits per heavy atom. The van der Waals surface area contributed by atoms with Crippen LogP contribution in [-0.4, -0.2) is 34.3 Å². The van der Waals surface area contributed by atoms with E-state index >= 15 is 0 Å². The van der Waals surface area contributed by atoms with Crippen molar-refractivity contribution in [1.29, 1.82) is 0 Å². The van der Waals surface area contributed by atoms with Gasteiger partial charge in [-0.15, -0.1) is 0 Å². The van der Waals surface area contributed by atoms with E-state index in [0.717, 1.165) is 16.5 Å². The van der Waals surface area contributed by atoms with Crippen LogP contribution >= 0.6 is 0 Å². The van der Waals surface area contributed by atoms with Gasteiger partial charge in [0, 0.05) is 24.7 Å². The molecule has 5 nitrogen and oxygen atoms in total. The second kappa shape index (κ2) is 5.61. The van der Waals surface area contributed by atoms with Crippen LogP contribution in [0, 0.1) is 0 Å². The number of nitrogens with one attached hydrogen (secondary N) is 1. The summed E-state index contributed by atoms with van der Waals surface area (Å²) in [6.45, 7) is 2.77. The summed E-state index contributed by atoms with van der Waals surface area (Å²) in [6.07, 6.45) is 2.00. The van der Waals surface area contributed by atoms with Gasteiger partial charge in [0.15, 0.2) is 0 Å². The highest BCUT2D eigenvalue weighted by atomic mass is 16.2. The third-order valence-corrected chi connectivity index (χ3v) is 3.82. The fraction of sp³-hybridized carbons (Fsp3) is 0.312. The summed E-state index contributed by atoms with van der Waals surface area (Å²) in [5.41, 5.74) is 1.96. The Hall–Kier alpha value is -2.27. The first-order chi connectivity index (χ1) is 10.2. The van der Waals surface area contributed by atoms with Crippen molar-refractivity contribution in [2.24, 2.45) is 0 Å². The van der Waals surface area contributed by atoms with Crippen molar-refractivity contribution in [3.8, 4) is 0 Å². The lowest BCUT2D eigenvalue weighted by molar-refractivity contribution is -0.138. The SMILES string of the molecule is CCN1C(=O)CC(NCc2cccc3cccnc23)C1=O. The Bertz CT molecular complexity index is 693. The Labute approximate surface area is 123 Å². The first kappa shape index (κ1) is 13.7. The van der Waals surface area contributed by atoms with Gasteiger partial charge in [-0.25, -0.2) is 0 Å². The van der Waals surface area contributed by atoms with E-state index in [1.165, 1.54) is 4.90 Å². The lowest BCUT2D eigenvalue weighted by Crippen LogP contribution is -2.38. The van der Waals surface area contributed by atoms with Gasteiger partial charge in [-0.1, -0.05) is 24.3 Å². The Morgan fingerprint density at radius 3 is 2.86 bits per heavy atom.